The van der Waals surface area contributed by atoms with Gasteiger partial charge in [-0.25, -0.2) is 4.39 Å². The lowest BCUT2D eigenvalue weighted by Gasteiger charge is -2.21. The summed E-state index contributed by atoms with van der Waals surface area (Å²) in [7, 11) is 0. The highest BCUT2D eigenvalue weighted by atomic mass is 19.1. The van der Waals surface area contributed by atoms with Gasteiger partial charge in [-0.2, -0.15) is 0 Å². The number of aromatic nitrogens is 1. The van der Waals surface area contributed by atoms with E-state index in [-0.39, 0.29) is 17.4 Å². The van der Waals surface area contributed by atoms with Crippen molar-refractivity contribution in [2.24, 2.45) is 0 Å². The van der Waals surface area contributed by atoms with Gasteiger partial charge in [0.2, 0.25) is 0 Å². The second kappa shape index (κ2) is 7.09. The smallest absolute Gasteiger partial charge is 0.272 e. The third kappa shape index (κ3) is 3.80. The van der Waals surface area contributed by atoms with Gasteiger partial charge in [-0.15, -0.1) is 0 Å². The van der Waals surface area contributed by atoms with Crippen molar-refractivity contribution in [2.75, 3.05) is 5.32 Å². The number of non-ortho nitro benzene ring substituents is 1. The summed E-state index contributed by atoms with van der Waals surface area (Å²) >= 11 is 0. The van der Waals surface area contributed by atoms with E-state index < -0.39 is 10.7 Å². The van der Waals surface area contributed by atoms with Gasteiger partial charge in [-0.05, 0) is 30.7 Å². The highest BCUT2D eigenvalue weighted by Crippen LogP contribution is 2.29. The first-order valence-corrected chi connectivity index (χ1v) is 7.72. The van der Waals surface area contributed by atoms with E-state index in [0.29, 0.717) is 0 Å². The van der Waals surface area contributed by atoms with Crippen molar-refractivity contribution in [3.05, 3.63) is 99.6 Å². The van der Waals surface area contributed by atoms with E-state index in [9.17, 15) is 14.5 Å². The summed E-state index contributed by atoms with van der Waals surface area (Å²) in [6, 6.07) is 16.5. The number of benzene rings is 2. The van der Waals surface area contributed by atoms with Crippen LogP contribution >= 0.6 is 0 Å². The van der Waals surface area contributed by atoms with Gasteiger partial charge < -0.3 is 5.32 Å². The molecule has 0 bridgehead atoms. The topological polar surface area (TPSA) is 68.1 Å². The van der Waals surface area contributed by atoms with Crippen LogP contribution in [0.4, 0.5) is 15.8 Å². The van der Waals surface area contributed by atoms with E-state index in [1.165, 1.54) is 12.1 Å². The molecule has 1 atom stereocenters. The molecule has 2 aromatic carbocycles. The Balaban J connectivity index is 2.00. The van der Waals surface area contributed by atoms with Crippen molar-refractivity contribution < 1.29 is 9.31 Å². The van der Waals surface area contributed by atoms with E-state index in [0.717, 1.165) is 22.9 Å². The normalized spacial score (nSPS) is 11.8. The maximum atomic E-state index is 14.3. The number of rotatable bonds is 5. The molecule has 0 spiro atoms. The Morgan fingerprint density at radius 1 is 1.12 bits per heavy atom. The van der Waals surface area contributed by atoms with Gasteiger partial charge >= 0.3 is 0 Å². The molecule has 3 aromatic rings. The summed E-state index contributed by atoms with van der Waals surface area (Å²) in [4.78, 5) is 14.5. The average molecular weight is 337 g/mol. The molecule has 0 aliphatic carbocycles. The molecule has 1 aromatic heterocycles. The minimum atomic E-state index is -0.678. The predicted octanol–water partition coefficient (Wildman–Crippen LogP) is 4.64. The molecule has 6 heteroatoms. The van der Waals surface area contributed by atoms with Crippen LogP contribution in [0.5, 0.6) is 0 Å². The Hall–Kier alpha value is -3.28. The van der Waals surface area contributed by atoms with Crippen molar-refractivity contribution in [3.63, 3.8) is 0 Å². The number of nitro benzene ring substituents is 1. The molecule has 25 heavy (non-hydrogen) atoms. The van der Waals surface area contributed by atoms with Crippen LogP contribution in [0.3, 0.4) is 0 Å². The Morgan fingerprint density at radius 2 is 1.96 bits per heavy atom. The van der Waals surface area contributed by atoms with Crippen molar-refractivity contribution in [1.29, 1.82) is 0 Å². The number of pyridine rings is 1. The monoisotopic (exact) mass is 337 g/mol. The van der Waals surface area contributed by atoms with Crippen LogP contribution in [-0.2, 0) is 0 Å². The highest BCUT2D eigenvalue weighted by molar-refractivity contribution is 5.53. The number of nitro groups is 1. The third-order valence-electron chi connectivity index (χ3n) is 3.82. The van der Waals surface area contributed by atoms with Gasteiger partial charge in [0.05, 0.1) is 28.4 Å². The van der Waals surface area contributed by atoms with E-state index in [1.54, 1.807) is 6.20 Å². The Bertz CT molecular complexity index is 900. The molecule has 1 heterocycles. The molecule has 0 saturated heterocycles. The molecular formula is C19H16FN3O2. The number of hydrogen-bond donors (Lipinski definition) is 1. The zero-order valence-electron chi connectivity index (χ0n) is 13.5. The van der Waals surface area contributed by atoms with E-state index in [2.05, 4.69) is 10.3 Å². The molecule has 0 aliphatic heterocycles. The summed E-state index contributed by atoms with van der Waals surface area (Å²) in [6.45, 7) is 1.98. The van der Waals surface area contributed by atoms with Gasteiger partial charge in [-0.3, -0.25) is 15.1 Å². The van der Waals surface area contributed by atoms with Crippen molar-refractivity contribution in [2.45, 2.75) is 13.0 Å². The minimum Gasteiger partial charge on any atom is -0.370 e. The highest BCUT2D eigenvalue weighted by Gasteiger charge is 2.18. The largest absolute Gasteiger partial charge is 0.370 e. The molecular weight excluding hydrogens is 321 g/mol. The quantitative estimate of drug-likeness (QED) is 0.544. The second-order valence-corrected chi connectivity index (χ2v) is 5.67. The van der Waals surface area contributed by atoms with Crippen LogP contribution in [-0.4, -0.2) is 9.91 Å². The van der Waals surface area contributed by atoms with Crippen LogP contribution < -0.4 is 5.32 Å². The molecule has 5 nitrogen and oxygen atoms in total. The number of halogens is 1. The van der Waals surface area contributed by atoms with Gasteiger partial charge in [0, 0.05) is 12.3 Å². The zero-order chi connectivity index (χ0) is 17.8. The fourth-order valence-electron chi connectivity index (χ4n) is 2.61. The molecule has 0 radical (unpaired) electrons. The Kier molecular flexibility index (Phi) is 4.70. The lowest BCUT2D eigenvalue weighted by atomic mass is 10.0. The van der Waals surface area contributed by atoms with Crippen LogP contribution in [0.1, 0.15) is 22.9 Å². The summed E-state index contributed by atoms with van der Waals surface area (Å²) < 4.78 is 14.3. The van der Waals surface area contributed by atoms with Crippen molar-refractivity contribution >= 4 is 11.4 Å². The number of aryl methyl sites for hydroxylation is 1. The molecule has 0 saturated carbocycles. The number of anilines is 1. The van der Waals surface area contributed by atoms with Crippen LogP contribution in [0.25, 0.3) is 0 Å². The van der Waals surface area contributed by atoms with Crippen molar-refractivity contribution in [1.82, 2.24) is 4.98 Å². The summed E-state index contributed by atoms with van der Waals surface area (Å²) in [5.41, 5.74) is 2.63. The van der Waals surface area contributed by atoms with Crippen LogP contribution in [0.2, 0.25) is 0 Å². The lowest BCUT2D eigenvalue weighted by Crippen LogP contribution is -2.15. The maximum absolute atomic E-state index is 14.3. The molecule has 126 valence electrons. The average Bonchev–Trinajstić information content (AvgIpc) is 2.61. The molecule has 1 unspecified atom stereocenters. The Labute approximate surface area is 144 Å². The van der Waals surface area contributed by atoms with Crippen molar-refractivity contribution in [3.8, 4) is 0 Å². The zero-order valence-corrected chi connectivity index (χ0v) is 13.5. The van der Waals surface area contributed by atoms with E-state index >= 15 is 0 Å². The first-order valence-electron chi connectivity index (χ1n) is 7.72. The summed E-state index contributed by atoms with van der Waals surface area (Å²) in [5, 5.41) is 13.9. The summed E-state index contributed by atoms with van der Waals surface area (Å²) in [6.07, 6.45) is 1.67. The molecule has 0 amide bonds. The van der Waals surface area contributed by atoms with E-state index in [1.807, 2.05) is 49.4 Å². The molecule has 0 fully saturated rings. The maximum Gasteiger partial charge on any atom is 0.272 e. The fraction of sp³-hybridized carbons (Fsp3) is 0.105. The molecule has 3 rings (SSSR count). The minimum absolute atomic E-state index is 0.183. The molecule has 0 aliphatic rings. The van der Waals surface area contributed by atoms with E-state index in [4.69, 9.17) is 0 Å². The second-order valence-electron chi connectivity index (χ2n) is 5.67. The standard InChI is InChI=1S/C19H16FN3O2/c1-13-5-4-6-14(11-13)19(18-7-2-3-10-21-18)22-17-9-8-15(23(24)25)12-16(17)20/h2-12,19,22H,1H3. The third-order valence-corrected chi connectivity index (χ3v) is 3.82. The van der Waals surface area contributed by atoms with Gasteiger partial charge in [0.15, 0.2) is 5.82 Å². The van der Waals surface area contributed by atoms with Crippen LogP contribution in [0.15, 0.2) is 66.9 Å². The van der Waals surface area contributed by atoms with Crippen LogP contribution in [0, 0.1) is 22.9 Å². The predicted molar refractivity (Wildman–Crippen MR) is 93.9 cm³/mol. The van der Waals surface area contributed by atoms with Gasteiger partial charge in [-0.1, -0.05) is 35.9 Å². The van der Waals surface area contributed by atoms with Gasteiger partial charge in [0.25, 0.3) is 5.69 Å². The fourth-order valence-corrected chi connectivity index (χ4v) is 2.61. The number of nitrogens with zero attached hydrogens (tertiary/aromatic N) is 2. The lowest BCUT2D eigenvalue weighted by molar-refractivity contribution is -0.385. The number of nitrogens with one attached hydrogen (secondary N) is 1. The summed E-state index contributed by atoms with van der Waals surface area (Å²) in [5.74, 6) is -0.678. The first-order chi connectivity index (χ1) is 12.0. The van der Waals surface area contributed by atoms with Gasteiger partial charge in [0.1, 0.15) is 0 Å². The first kappa shape index (κ1) is 16.6. The molecule has 1 N–H and O–H groups in total. The number of hydrogen-bond acceptors (Lipinski definition) is 4. The Morgan fingerprint density at radius 3 is 2.60 bits per heavy atom. The SMILES string of the molecule is Cc1cccc(C(Nc2ccc([N+](=O)[O-])cc2F)c2ccccn2)c1.